The number of hydrogen-bond acceptors (Lipinski definition) is 2. The Morgan fingerprint density at radius 2 is 1.66 bits per heavy atom. The van der Waals surface area contributed by atoms with Gasteiger partial charge in [-0.1, -0.05) is 99.6 Å². The summed E-state index contributed by atoms with van der Waals surface area (Å²) < 4.78 is 6.00. The first-order chi connectivity index (χ1) is 14.0. The Morgan fingerprint density at radius 3 is 2.38 bits per heavy atom. The monoisotopic (exact) mass is 396 g/mol. The van der Waals surface area contributed by atoms with Gasteiger partial charge in [0.05, 0.1) is 6.61 Å². The summed E-state index contributed by atoms with van der Waals surface area (Å²) in [5, 5.41) is 8.72. The average Bonchev–Trinajstić information content (AvgIpc) is 2.68. The van der Waals surface area contributed by atoms with Crippen LogP contribution in [-0.2, 0) is 4.79 Å². The lowest BCUT2D eigenvalue weighted by molar-refractivity contribution is -0.131. The molecule has 0 spiro atoms. The number of aliphatic carboxylic acids is 1. The van der Waals surface area contributed by atoms with E-state index in [1.165, 1.54) is 44.6 Å². The molecule has 1 rings (SSSR count). The van der Waals surface area contributed by atoms with Gasteiger partial charge in [0, 0.05) is 11.6 Å². The molecule has 0 aliphatic carbocycles. The van der Waals surface area contributed by atoms with Gasteiger partial charge in [-0.25, -0.2) is 4.79 Å². The Kier molecular flexibility index (Phi) is 13.0. The lowest BCUT2D eigenvalue weighted by atomic mass is 10.1. The van der Waals surface area contributed by atoms with Gasteiger partial charge in [-0.3, -0.25) is 0 Å². The quantitative estimate of drug-likeness (QED) is 0.203. The summed E-state index contributed by atoms with van der Waals surface area (Å²) in [6, 6.07) is 8.08. The Hall–Kier alpha value is -2.55. The van der Waals surface area contributed by atoms with Crippen LogP contribution in [0.1, 0.15) is 71.3 Å². The van der Waals surface area contributed by atoms with E-state index in [1.807, 2.05) is 43.4 Å². The SMILES string of the molecule is CCCCCCCCCOc1ccccc1C=CC(C)=CC=CC(C)=CC(=O)O. The Labute approximate surface area is 176 Å². The first kappa shape index (κ1) is 24.5. The largest absolute Gasteiger partial charge is 0.493 e. The molecule has 29 heavy (non-hydrogen) atoms. The molecule has 0 aromatic heterocycles. The van der Waals surface area contributed by atoms with Crippen molar-refractivity contribution in [3.63, 3.8) is 0 Å². The number of hydrogen-bond donors (Lipinski definition) is 1. The van der Waals surface area contributed by atoms with Gasteiger partial charge >= 0.3 is 5.97 Å². The number of rotatable bonds is 14. The van der Waals surface area contributed by atoms with Crippen LogP contribution in [0, 0.1) is 0 Å². The Bertz CT molecular complexity index is 723. The zero-order valence-electron chi connectivity index (χ0n) is 18.2. The fourth-order valence-electron chi connectivity index (χ4n) is 2.86. The van der Waals surface area contributed by atoms with Gasteiger partial charge in [0.15, 0.2) is 0 Å². The minimum Gasteiger partial charge on any atom is -0.493 e. The first-order valence-corrected chi connectivity index (χ1v) is 10.7. The molecular formula is C26H36O3. The fraction of sp³-hybridized carbons (Fsp3) is 0.423. The van der Waals surface area contributed by atoms with Crippen LogP contribution in [0.3, 0.4) is 0 Å². The number of para-hydroxylation sites is 1. The summed E-state index contributed by atoms with van der Waals surface area (Å²) >= 11 is 0. The summed E-state index contributed by atoms with van der Waals surface area (Å²) in [5.74, 6) is -0.0147. The molecule has 0 aliphatic heterocycles. The van der Waals surface area contributed by atoms with Crippen LogP contribution in [-0.4, -0.2) is 17.7 Å². The zero-order chi connectivity index (χ0) is 21.3. The summed E-state index contributed by atoms with van der Waals surface area (Å²) in [6.45, 7) is 6.78. The Morgan fingerprint density at radius 1 is 0.966 bits per heavy atom. The third-order valence-corrected chi connectivity index (χ3v) is 4.52. The number of carbonyl (C=O) groups is 1. The van der Waals surface area contributed by atoms with E-state index in [1.54, 1.807) is 13.0 Å². The number of ether oxygens (including phenoxy) is 1. The van der Waals surface area contributed by atoms with E-state index in [9.17, 15) is 4.79 Å². The van der Waals surface area contributed by atoms with Crippen molar-refractivity contribution in [2.45, 2.75) is 65.7 Å². The second-order valence-corrected chi connectivity index (χ2v) is 7.34. The maximum Gasteiger partial charge on any atom is 0.328 e. The molecule has 1 aromatic carbocycles. The van der Waals surface area contributed by atoms with E-state index in [4.69, 9.17) is 9.84 Å². The summed E-state index contributed by atoms with van der Waals surface area (Å²) in [7, 11) is 0. The van der Waals surface area contributed by atoms with Crippen LogP contribution in [0.5, 0.6) is 5.75 Å². The Balaban J connectivity index is 2.50. The second-order valence-electron chi connectivity index (χ2n) is 7.34. The highest BCUT2D eigenvalue weighted by molar-refractivity contribution is 5.81. The molecular weight excluding hydrogens is 360 g/mol. The van der Waals surface area contributed by atoms with Gasteiger partial charge in [0.2, 0.25) is 0 Å². The highest BCUT2D eigenvalue weighted by atomic mass is 16.5. The minimum atomic E-state index is -0.930. The van der Waals surface area contributed by atoms with Gasteiger partial charge in [-0.15, -0.1) is 0 Å². The number of benzene rings is 1. The molecule has 0 radical (unpaired) electrons. The van der Waals surface area contributed by atoms with E-state index in [0.29, 0.717) is 5.57 Å². The van der Waals surface area contributed by atoms with Crippen LogP contribution in [0.15, 0.2) is 65.8 Å². The summed E-state index contributed by atoms with van der Waals surface area (Å²) in [4.78, 5) is 10.6. The van der Waals surface area contributed by atoms with Crippen molar-refractivity contribution in [1.82, 2.24) is 0 Å². The number of carboxylic acids is 1. The van der Waals surface area contributed by atoms with Crippen LogP contribution in [0.2, 0.25) is 0 Å². The van der Waals surface area contributed by atoms with E-state index < -0.39 is 5.97 Å². The molecule has 0 unspecified atom stereocenters. The van der Waals surface area contributed by atoms with Crippen molar-refractivity contribution in [2.24, 2.45) is 0 Å². The first-order valence-electron chi connectivity index (χ1n) is 10.7. The highest BCUT2D eigenvalue weighted by Gasteiger charge is 2.00. The number of carboxylic acid groups (broad SMARTS) is 1. The highest BCUT2D eigenvalue weighted by Crippen LogP contribution is 2.21. The molecule has 0 bridgehead atoms. The third kappa shape index (κ3) is 12.5. The summed E-state index contributed by atoms with van der Waals surface area (Å²) in [5.41, 5.74) is 2.84. The summed E-state index contributed by atoms with van der Waals surface area (Å²) in [6.07, 6.45) is 19.8. The van der Waals surface area contributed by atoms with Crippen molar-refractivity contribution >= 4 is 12.0 Å². The zero-order valence-corrected chi connectivity index (χ0v) is 18.2. The van der Waals surface area contributed by atoms with Crippen LogP contribution in [0.4, 0.5) is 0 Å². The normalized spacial score (nSPS) is 12.8. The van der Waals surface area contributed by atoms with Gasteiger partial charge in [-0.2, -0.15) is 0 Å². The lowest BCUT2D eigenvalue weighted by Gasteiger charge is -2.09. The third-order valence-electron chi connectivity index (χ3n) is 4.52. The topological polar surface area (TPSA) is 46.5 Å². The van der Waals surface area contributed by atoms with Gasteiger partial charge in [0.1, 0.15) is 5.75 Å². The molecule has 0 saturated heterocycles. The van der Waals surface area contributed by atoms with Crippen molar-refractivity contribution in [3.05, 3.63) is 71.4 Å². The average molecular weight is 397 g/mol. The van der Waals surface area contributed by atoms with Crippen molar-refractivity contribution in [2.75, 3.05) is 6.61 Å². The minimum absolute atomic E-state index is 0.703. The van der Waals surface area contributed by atoms with Crippen LogP contribution in [0.25, 0.3) is 6.08 Å². The van der Waals surface area contributed by atoms with Crippen molar-refractivity contribution < 1.29 is 14.6 Å². The molecule has 3 heteroatoms. The van der Waals surface area contributed by atoms with E-state index in [-0.39, 0.29) is 0 Å². The molecule has 1 N–H and O–H groups in total. The fourth-order valence-corrected chi connectivity index (χ4v) is 2.86. The predicted molar refractivity (Wildman–Crippen MR) is 123 cm³/mol. The van der Waals surface area contributed by atoms with Gasteiger partial charge in [-0.05, 0) is 31.9 Å². The van der Waals surface area contributed by atoms with E-state index in [0.717, 1.165) is 29.9 Å². The number of allylic oxidation sites excluding steroid dienone is 6. The molecule has 0 heterocycles. The maximum absolute atomic E-state index is 10.6. The van der Waals surface area contributed by atoms with E-state index in [2.05, 4.69) is 19.1 Å². The molecule has 0 fully saturated rings. The van der Waals surface area contributed by atoms with Crippen LogP contribution < -0.4 is 4.74 Å². The smallest absolute Gasteiger partial charge is 0.328 e. The molecule has 0 saturated carbocycles. The molecule has 1 aromatic rings. The maximum atomic E-state index is 10.6. The predicted octanol–water partition coefficient (Wildman–Crippen LogP) is 7.36. The standard InChI is InChI=1S/C26H36O3/c1-4-5-6-7-8-9-12-20-29-25-17-11-10-16-24(25)19-18-22(2)14-13-15-23(3)21-26(27)28/h10-11,13-19,21H,4-9,12,20H2,1-3H3,(H,27,28). The molecule has 0 atom stereocenters. The molecule has 0 amide bonds. The van der Waals surface area contributed by atoms with E-state index >= 15 is 0 Å². The van der Waals surface area contributed by atoms with Crippen molar-refractivity contribution in [1.29, 1.82) is 0 Å². The second kappa shape index (κ2) is 15.4. The van der Waals surface area contributed by atoms with Crippen molar-refractivity contribution in [3.8, 4) is 5.75 Å². The molecule has 3 nitrogen and oxygen atoms in total. The van der Waals surface area contributed by atoms with Gasteiger partial charge in [0.25, 0.3) is 0 Å². The lowest BCUT2D eigenvalue weighted by Crippen LogP contribution is -1.98. The van der Waals surface area contributed by atoms with Crippen LogP contribution >= 0.6 is 0 Å². The molecule has 0 aliphatic rings. The molecule has 158 valence electrons. The number of unbranched alkanes of at least 4 members (excludes halogenated alkanes) is 6. The van der Waals surface area contributed by atoms with Gasteiger partial charge < -0.3 is 9.84 Å².